The SMILES string of the molecule is COCC1CCCN(c2ccc(/C=C/C(=O)O)cc2)C1. The zero-order valence-electron chi connectivity index (χ0n) is 11.8. The fourth-order valence-corrected chi connectivity index (χ4v) is 2.64. The number of piperidine rings is 1. The molecule has 0 bridgehead atoms. The van der Waals surface area contributed by atoms with Crippen molar-refractivity contribution in [2.45, 2.75) is 12.8 Å². The van der Waals surface area contributed by atoms with E-state index in [9.17, 15) is 4.79 Å². The molecule has 2 rings (SSSR count). The molecule has 108 valence electrons. The molecular formula is C16H21NO3. The first kappa shape index (κ1) is 14.6. The van der Waals surface area contributed by atoms with E-state index in [4.69, 9.17) is 9.84 Å². The van der Waals surface area contributed by atoms with Crippen LogP contribution in [0.4, 0.5) is 5.69 Å². The van der Waals surface area contributed by atoms with Crippen LogP contribution in [0.2, 0.25) is 0 Å². The molecule has 1 fully saturated rings. The van der Waals surface area contributed by atoms with Gasteiger partial charge in [0.25, 0.3) is 0 Å². The number of nitrogens with zero attached hydrogens (tertiary/aromatic N) is 1. The van der Waals surface area contributed by atoms with Crippen LogP contribution in [0.1, 0.15) is 18.4 Å². The van der Waals surface area contributed by atoms with E-state index >= 15 is 0 Å². The molecule has 4 heteroatoms. The predicted molar refractivity (Wildman–Crippen MR) is 79.9 cm³/mol. The Balaban J connectivity index is 2.00. The summed E-state index contributed by atoms with van der Waals surface area (Å²) in [6.07, 6.45) is 5.18. The van der Waals surface area contributed by atoms with Crippen LogP contribution in [0.25, 0.3) is 6.08 Å². The van der Waals surface area contributed by atoms with E-state index in [1.54, 1.807) is 13.2 Å². The molecule has 0 amide bonds. The van der Waals surface area contributed by atoms with Crippen molar-refractivity contribution in [3.8, 4) is 0 Å². The molecule has 4 nitrogen and oxygen atoms in total. The molecule has 1 atom stereocenters. The lowest BCUT2D eigenvalue weighted by Gasteiger charge is -2.34. The summed E-state index contributed by atoms with van der Waals surface area (Å²) in [5.74, 6) is -0.326. The van der Waals surface area contributed by atoms with Crippen LogP contribution in [0.3, 0.4) is 0 Å². The lowest BCUT2D eigenvalue weighted by atomic mass is 9.98. The fraction of sp³-hybridized carbons (Fsp3) is 0.438. The van der Waals surface area contributed by atoms with Gasteiger partial charge in [0.15, 0.2) is 0 Å². The molecule has 20 heavy (non-hydrogen) atoms. The Kier molecular flexibility index (Phi) is 5.18. The highest BCUT2D eigenvalue weighted by molar-refractivity contribution is 5.85. The number of ether oxygens (including phenoxy) is 1. The molecule has 0 spiro atoms. The van der Waals surface area contributed by atoms with Crippen LogP contribution in [0.5, 0.6) is 0 Å². The fourth-order valence-electron chi connectivity index (χ4n) is 2.64. The molecular weight excluding hydrogens is 254 g/mol. The van der Waals surface area contributed by atoms with E-state index in [1.807, 2.05) is 12.1 Å². The van der Waals surface area contributed by atoms with Crippen molar-refractivity contribution in [3.05, 3.63) is 35.9 Å². The number of hydrogen-bond acceptors (Lipinski definition) is 3. The number of carboxylic acid groups (broad SMARTS) is 1. The van der Waals surface area contributed by atoms with Crippen molar-refractivity contribution in [2.75, 3.05) is 31.7 Å². The van der Waals surface area contributed by atoms with Crippen LogP contribution in [-0.2, 0) is 9.53 Å². The first-order chi connectivity index (χ1) is 9.69. The summed E-state index contributed by atoms with van der Waals surface area (Å²) in [6, 6.07) is 8.01. The second-order valence-electron chi connectivity index (χ2n) is 5.17. The van der Waals surface area contributed by atoms with E-state index in [0.717, 1.165) is 31.3 Å². The summed E-state index contributed by atoms with van der Waals surface area (Å²) in [5, 5.41) is 8.61. The molecule has 1 unspecified atom stereocenters. The van der Waals surface area contributed by atoms with Crippen molar-refractivity contribution in [3.63, 3.8) is 0 Å². The van der Waals surface area contributed by atoms with Crippen molar-refractivity contribution in [1.29, 1.82) is 0 Å². The second-order valence-corrected chi connectivity index (χ2v) is 5.17. The third kappa shape index (κ3) is 4.10. The van der Waals surface area contributed by atoms with Crippen LogP contribution < -0.4 is 4.90 Å². The van der Waals surface area contributed by atoms with Gasteiger partial charge in [-0.3, -0.25) is 0 Å². The summed E-state index contributed by atoms with van der Waals surface area (Å²) in [4.78, 5) is 12.9. The van der Waals surface area contributed by atoms with Crippen LogP contribution in [-0.4, -0.2) is 37.9 Å². The number of rotatable bonds is 5. The van der Waals surface area contributed by atoms with Gasteiger partial charge >= 0.3 is 5.97 Å². The predicted octanol–water partition coefficient (Wildman–Crippen LogP) is 2.65. The lowest BCUT2D eigenvalue weighted by molar-refractivity contribution is -0.131. The first-order valence-electron chi connectivity index (χ1n) is 6.94. The van der Waals surface area contributed by atoms with Gasteiger partial charge in [-0.1, -0.05) is 12.1 Å². The van der Waals surface area contributed by atoms with E-state index in [2.05, 4.69) is 17.0 Å². The molecule has 1 saturated heterocycles. The Morgan fingerprint density at radius 2 is 2.20 bits per heavy atom. The molecule has 1 aromatic carbocycles. The van der Waals surface area contributed by atoms with Crippen molar-refractivity contribution < 1.29 is 14.6 Å². The molecule has 1 aliphatic rings. The molecule has 1 heterocycles. The van der Waals surface area contributed by atoms with Crippen molar-refractivity contribution in [1.82, 2.24) is 0 Å². The molecule has 0 aliphatic carbocycles. The molecule has 1 aromatic rings. The van der Waals surface area contributed by atoms with Gasteiger partial charge in [-0.2, -0.15) is 0 Å². The molecule has 0 radical (unpaired) electrons. The highest BCUT2D eigenvalue weighted by atomic mass is 16.5. The van der Waals surface area contributed by atoms with Gasteiger partial charge in [0.1, 0.15) is 0 Å². The number of carbonyl (C=O) groups is 1. The van der Waals surface area contributed by atoms with E-state index in [-0.39, 0.29) is 0 Å². The third-order valence-electron chi connectivity index (χ3n) is 3.60. The van der Waals surface area contributed by atoms with Gasteiger partial charge in [-0.15, -0.1) is 0 Å². The summed E-state index contributed by atoms with van der Waals surface area (Å²) < 4.78 is 5.25. The number of anilines is 1. The van der Waals surface area contributed by atoms with Gasteiger partial charge in [0.05, 0.1) is 6.61 Å². The third-order valence-corrected chi connectivity index (χ3v) is 3.60. The average molecular weight is 275 g/mol. The van der Waals surface area contributed by atoms with Gasteiger partial charge in [-0.05, 0) is 42.5 Å². The summed E-state index contributed by atoms with van der Waals surface area (Å²) in [7, 11) is 1.75. The molecule has 0 aromatic heterocycles. The Hall–Kier alpha value is -1.81. The highest BCUT2D eigenvalue weighted by Crippen LogP contribution is 2.23. The van der Waals surface area contributed by atoms with Crippen LogP contribution >= 0.6 is 0 Å². The van der Waals surface area contributed by atoms with E-state index in [1.165, 1.54) is 18.5 Å². The Labute approximate surface area is 119 Å². The molecule has 0 saturated carbocycles. The summed E-state index contributed by atoms with van der Waals surface area (Å²) in [6.45, 7) is 2.92. The average Bonchev–Trinajstić information content (AvgIpc) is 2.46. The van der Waals surface area contributed by atoms with Gasteiger partial charge in [-0.25, -0.2) is 4.79 Å². The number of benzene rings is 1. The largest absolute Gasteiger partial charge is 0.478 e. The van der Waals surface area contributed by atoms with Crippen LogP contribution in [0.15, 0.2) is 30.3 Å². The minimum absolute atomic E-state index is 0.598. The van der Waals surface area contributed by atoms with Crippen molar-refractivity contribution >= 4 is 17.7 Å². The number of methoxy groups -OCH3 is 1. The van der Waals surface area contributed by atoms with Gasteiger partial charge in [0, 0.05) is 32.0 Å². The normalized spacial score (nSPS) is 19.4. The smallest absolute Gasteiger partial charge is 0.328 e. The van der Waals surface area contributed by atoms with Crippen LogP contribution in [0, 0.1) is 5.92 Å². The zero-order valence-corrected chi connectivity index (χ0v) is 11.8. The zero-order chi connectivity index (χ0) is 14.4. The topological polar surface area (TPSA) is 49.8 Å². The lowest BCUT2D eigenvalue weighted by Crippen LogP contribution is -2.37. The minimum atomic E-state index is -0.924. The summed E-state index contributed by atoms with van der Waals surface area (Å²) in [5.41, 5.74) is 2.10. The van der Waals surface area contributed by atoms with Gasteiger partial charge < -0.3 is 14.7 Å². The maximum absolute atomic E-state index is 10.5. The van der Waals surface area contributed by atoms with Gasteiger partial charge in [0.2, 0.25) is 0 Å². The maximum atomic E-state index is 10.5. The Morgan fingerprint density at radius 1 is 1.45 bits per heavy atom. The van der Waals surface area contributed by atoms with Crippen molar-refractivity contribution in [2.24, 2.45) is 5.92 Å². The first-order valence-corrected chi connectivity index (χ1v) is 6.94. The number of hydrogen-bond donors (Lipinski definition) is 1. The summed E-state index contributed by atoms with van der Waals surface area (Å²) >= 11 is 0. The highest BCUT2D eigenvalue weighted by Gasteiger charge is 2.19. The quantitative estimate of drug-likeness (QED) is 0.839. The maximum Gasteiger partial charge on any atom is 0.328 e. The Bertz CT molecular complexity index is 465. The second kappa shape index (κ2) is 7.10. The number of aliphatic carboxylic acids is 1. The minimum Gasteiger partial charge on any atom is -0.478 e. The number of carboxylic acids is 1. The standard InChI is InChI=1S/C16H21NO3/c1-20-12-14-3-2-10-17(11-14)15-7-4-13(5-8-15)6-9-16(18)19/h4-9,14H,2-3,10-12H2,1H3,(H,18,19)/b9-6+. The molecule has 1 aliphatic heterocycles. The molecule has 1 N–H and O–H groups in total. The monoisotopic (exact) mass is 275 g/mol. The van der Waals surface area contributed by atoms with E-state index in [0.29, 0.717) is 5.92 Å². The van der Waals surface area contributed by atoms with E-state index < -0.39 is 5.97 Å². The Morgan fingerprint density at radius 3 is 2.85 bits per heavy atom.